The summed E-state index contributed by atoms with van der Waals surface area (Å²) in [4.78, 5) is 11.2. The molecule has 1 aliphatic heterocycles. The number of carbonyl (C=O) groups excluding carboxylic acids is 1. The third kappa shape index (κ3) is 5.96. The number of quaternary nitrogens is 1. The smallest absolute Gasteiger partial charge is 0.308 e. The van der Waals surface area contributed by atoms with Gasteiger partial charge in [-0.05, 0) is 42.0 Å². The van der Waals surface area contributed by atoms with Crippen molar-refractivity contribution in [1.82, 2.24) is 0 Å². The fourth-order valence-corrected chi connectivity index (χ4v) is 3.91. The standard InChI is InChI=1S/C27H29NO7/c1-18(29)33-20-13-11-19(12-14-20)26-25(34-21-7-4-5-8-22(21)35-26)17-28-15-16-32-27-23(30-2)9-6-10-24(27)31-3/h4-14,25-26,28H,15-17H2,1-3H3/p+1/t25-,26-/m1/s1. The number of esters is 1. The Morgan fingerprint density at radius 3 is 2.17 bits per heavy atom. The molecule has 0 saturated carbocycles. The zero-order valence-corrected chi connectivity index (χ0v) is 20.1. The molecule has 184 valence electrons. The second-order valence-corrected chi connectivity index (χ2v) is 7.96. The second-order valence-electron chi connectivity index (χ2n) is 7.96. The van der Waals surface area contributed by atoms with Gasteiger partial charge in [-0.2, -0.15) is 0 Å². The molecule has 0 saturated heterocycles. The van der Waals surface area contributed by atoms with Crippen LogP contribution in [0.5, 0.6) is 34.5 Å². The average molecular weight is 481 g/mol. The summed E-state index contributed by atoms with van der Waals surface area (Å²) in [6.07, 6.45) is -0.548. The Hall–Kier alpha value is -3.91. The van der Waals surface area contributed by atoms with Crippen LogP contribution in [0, 0.1) is 0 Å². The molecule has 2 N–H and O–H groups in total. The van der Waals surface area contributed by atoms with Crippen LogP contribution in [0.1, 0.15) is 18.6 Å². The first kappa shape index (κ1) is 24.2. The van der Waals surface area contributed by atoms with E-state index in [1.165, 1.54) is 6.92 Å². The van der Waals surface area contributed by atoms with E-state index in [1.54, 1.807) is 26.4 Å². The highest BCUT2D eigenvalue weighted by molar-refractivity contribution is 5.69. The molecule has 1 aliphatic rings. The van der Waals surface area contributed by atoms with Gasteiger partial charge in [0.2, 0.25) is 5.75 Å². The van der Waals surface area contributed by atoms with Crippen LogP contribution >= 0.6 is 0 Å². The number of carbonyl (C=O) groups is 1. The van der Waals surface area contributed by atoms with Crippen molar-refractivity contribution in [2.75, 3.05) is 33.9 Å². The van der Waals surface area contributed by atoms with Crippen LogP contribution in [0.4, 0.5) is 0 Å². The molecule has 3 aromatic rings. The molecule has 0 unspecified atom stereocenters. The van der Waals surface area contributed by atoms with Gasteiger partial charge in [-0.3, -0.25) is 4.79 Å². The van der Waals surface area contributed by atoms with Gasteiger partial charge < -0.3 is 33.7 Å². The molecular weight excluding hydrogens is 450 g/mol. The zero-order valence-electron chi connectivity index (χ0n) is 20.1. The molecule has 35 heavy (non-hydrogen) atoms. The van der Waals surface area contributed by atoms with Gasteiger partial charge in [0.15, 0.2) is 35.2 Å². The minimum atomic E-state index is -0.357. The Morgan fingerprint density at radius 1 is 0.886 bits per heavy atom. The van der Waals surface area contributed by atoms with Gasteiger partial charge >= 0.3 is 5.97 Å². The molecule has 0 radical (unpaired) electrons. The Morgan fingerprint density at radius 2 is 1.54 bits per heavy atom. The third-order valence-corrected chi connectivity index (χ3v) is 5.54. The van der Waals surface area contributed by atoms with Gasteiger partial charge in [-0.1, -0.05) is 30.3 Å². The van der Waals surface area contributed by atoms with Crippen LogP contribution in [0.3, 0.4) is 0 Å². The lowest BCUT2D eigenvalue weighted by Crippen LogP contribution is -2.88. The number of benzene rings is 3. The van der Waals surface area contributed by atoms with Crippen LogP contribution in [0.25, 0.3) is 0 Å². The molecule has 4 rings (SSSR count). The Bertz CT molecular complexity index is 1110. The third-order valence-electron chi connectivity index (χ3n) is 5.54. The maximum absolute atomic E-state index is 11.2. The van der Waals surface area contributed by atoms with E-state index in [0.717, 1.165) is 5.56 Å². The lowest BCUT2D eigenvalue weighted by atomic mass is 10.0. The van der Waals surface area contributed by atoms with E-state index in [-0.39, 0.29) is 18.2 Å². The van der Waals surface area contributed by atoms with Gasteiger partial charge in [0.25, 0.3) is 0 Å². The average Bonchev–Trinajstić information content (AvgIpc) is 2.88. The number of methoxy groups -OCH3 is 2. The monoisotopic (exact) mass is 480 g/mol. The lowest BCUT2D eigenvalue weighted by molar-refractivity contribution is -0.662. The Kier molecular flexibility index (Phi) is 7.95. The second kappa shape index (κ2) is 11.5. The lowest BCUT2D eigenvalue weighted by Gasteiger charge is -2.33. The summed E-state index contributed by atoms with van der Waals surface area (Å²) < 4.78 is 34.5. The Labute approximate surface area is 204 Å². The van der Waals surface area contributed by atoms with E-state index in [1.807, 2.05) is 54.6 Å². The highest BCUT2D eigenvalue weighted by Gasteiger charge is 2.34. The van der Waals surface area contributed by atoms with Crippen molar-refractivity contribution in [2.24, 2.45) is 0 Å². The van der Waals surface area contributed by atoms with Crippen molar-refractivity contribution >= 4 is 5.97 Å². The van der Waals surface area contributed by atoms with Gasteiger partial charge in [0.1, 0.15) is 25.4 Å². The van der Waals surface area contributed by atoms with Crippen LogP contribution in [-0.4, -0.2) is 46.0 Å². The maximum atomic E-state index is 11.2. The highest BCUT2D eigenvalue weighted by Crippen LogP contribution is 2.39. The fraction of sp³-hybridized carbons (Fsp3) is 0.296. The van der Waals surface area contributed by atoms with Crippen molar-refractivity contribution in [1.29, 1.82) is 0 Å². The van der Waals surface area contributed by atoms with E-state index < -0.39 is 0 Å². The molecule has 1 heterocycles. The maximum Gasteiger partial charge on any atom is 0.308 e. The Balaban J connectivity index is 1.40. The number of para-hydroxylation sites is 3. The number of hydrogen-bond acceptors (Lipinski definition) is 7. The summed E-state index contributed by atoms with van der Waals surface area (Å²) in [5.74, 6) is 3.39. The first-order valence-electron chi connectivity index (χ1n) is 11.4. The van der Waals surface area contributed by atoms with E-state index in [2.05, 4.69) is 5.32 Å². The predicted molar refractivity (Wildman–Crippen MR) is 129 cm³/mol. The predicted octanol–water partition coefficient (Wildman–Crippen LogP) is 3.15. The van der Waals surface area contributed by atoms with Crippen LogP contribution in [-0.2, 0) is 4.79 Å². The van der Waals surface area contributed by atoms with Crippen LogP contribution in [0.2, 0.25) is 0 Å². The van der Waals surface area contributed by atoms with Crippen LogP contribution in [0.15, 0.2) is 66.7 Å². The molecule has 0 spiro atoms. The normalized spacial score (nSPS) is 16.3. The largest absolute Gasteiger partial charge is 0.493 e. The summed E-state index contributed by atoms with van der Waals surface area (Å²) in [6, 6.07) is 20.5. The van der Waals surface area contributed by atoms with Crippen molar-refractivity contribution in [3.8, 4) is 34.5 Å². The first-order chi connectivity index (χ1) is 17.1. The first-order valence-corrected chi connectivity index (χ1v) is 11.4. The van der Waals surface area contributed by atoms with Gasteiger partial charge in [-0.15, -0.1) is 0 Å². The zero-order chi connectivity index (χ0) is 24.6. The van der Waals surface area contributed by atoms with Gasteiger partial charge in [0.05, 0.1) is 14.2 Å². The highest BCUT2D eigenvalue weighted by atomic mass is 16.6. The molecule has 8 heteroatoms. The number of hydrogen-bond donors (Lipinski definition) is 1. The number of rotatable bonds is 10. The molecule has 0 bridgehead atoms. The van der Waals surface area contributed by atoms with Gasteiger partial charge in [0, 0.05) is 6.92 Å². The number of nitrogens with two attached hydrogens (primary N) is 1. The summed E-state index contributed by atoms with van der Waals surface area (Å²) in [6.45, 7) is 3.18. The van der Waals surface area contributed by atoms with E-state index >= 15 is 0 Å². The summed E-state index contributed by atoms with van der Waals surface area (Å²) in [5, 5.41) is 2.13. The molecular formula is C27H30NO7+. The topological polar surface area (TPSA) is 89.1 Å². The van der Waals surface area contributed by atoms with Crippen molar-refractivity contribution in [3.63, 3.8) is 0 Å². The number of ether oxygens (including phenoxy) is 6. The van der Waals surface area contributed by atoms with Gasteiger partial charge in [-0.25, -0.2) is 0 Å². The fourth-order valence-electron chi connectivity index (χ4n) is 3.91. The molecule has 0 amide bonds. The molecule has 2 atom stereocenters. The minimum absolute atomic E-state index is 0.231. The summed E-state index contributed by atoms with van der Waals surface area (Å²) in [7, 11) is 3.20. The van der Waals surface area contributed by atoms with E-state index in [9.17, 15) is 4.79 Å². The van der Waals surface area contributed by atoms with Crippen molar-refractivity contribution in [2.45, 2.75) is 19.1 Å². The summed E-state index contributed by atoms with van der Waals surface area (Å²) >= 11 is 0. The SMILES string of the molecule is COc1cccc(OC)c1OCC[NH2+]C[C@H]1Oc2ccccc2O[C@@H]1c1ccc(OC(C)=O)cc1. The molecule has 8 nitrogen and oxygen atoms in total. The summed E-state index contributed by atoms with van der Waals surface area (Å²) in [5.41, 5.74) is 0.934. The van der Waals surface area contributed by atoms with Crippen molar-refractivity contribution < 1.29 is 38.5 Å². The number of fused-ring (bicyclic) bond motifs is 1. The molecule has 0 fully saturated rings. The van der Waals surface area contributed by atoms with E-state index in [0.29, 0.717) is 54.2 Å². The molecule has 0 aromatic heterocycles. The quantitative estimate of drug-likeness (QED) is 0.271. The molecule has 3 aromatic carbocycles. The minimum Gasteiger partial charge on any atom is -0.493 e. The van der Waals surface area contributed by atoms with Crippen molar-refractivity contribution in [3.05, 3.63) is 72.3 Å². The molecule has 0 aliphatic carbocycles. The van der Waals surface area contributed by atoms with E-state index in [4.69, 9.17) is 28.4 Å². The van der Waals surface area contributed by atoms with Crippen LogP contribution < -0.4 is 33.7 Å².